The average molecular weight is 127 g/mol. The van der Waals surface area contributed by atoms with Crippen LogP contribution in [0.3, 0.4) is 0 Å². The van der Waals surface area contributed by atoms with Crippen LogP contribution in [0.1, 0.15) is 12.2 Å². The summed E-state index contributed by atoms with van der Waals surface area (Å²) >= 11 is 0. The minimum atomic E-state index is 0.721. The predicted molar refractivity (Wildman–Crippen MR) is 29.2 cm³/mol. The van der Waals surface area contributed by atoms with E-state index in [4.69, 9.17) is 0 Å². The van der Waals surface area contributed by atoms with Crippen LogP contribution >= 0.6 is 0 Å². The zero-order valence-electron chi connectivity index (χ0n) is 5.12. The van der Waals surface area contributed by atoms with E-state index in [9.17, 15) is 0 Å². The number of hydrogen-bond acceptors (Lipinski definition) is 3. The van der Waals surface area contributed by atoms with Crippen molar-refractivity contribution in [3.8, 4) is 0 Å². The molecule has 0 saturated carbocycles. The van der Waals surface area contributed by atoms with Crippen LogP contribution in [0.4, 0.5) is 0 Å². The summed E-state index contributed by atoms with van der Waals surface area (Å²) in [4.78, 5) is 0. The molecule has 5 nitrogen and oxygen atoms in total. The fraction of sp³-hybridized carbons (Fsp3) is 0.750. The second kappa shape index (κ2) is 3.13. The monoisotopic (exact) mass is 127 g/mol. The Hall–Kier alpha value is -0.970. The van der Waals surface area contributed by atoms with Crippen molar-refractivity contribution in [1.82, 2.24) is 20.6 Å². The second-order valence-corrected chi connectivity index (χ2v) is 1.75. The van der Waals surface area contributed by atoms with Crippen LogP contribution in [0.2, 0.25) is 0 Å². The summed E-state index contributed by atoms with van der Waals surface area (Å²) in [6.45, 7) is 0.911. The molecule has 0 radical (unpaired) electrons. The Balaban J connectivity index is 2.30. The van der Waals surface area contributed by atoms with Gasteiger partial charge in [0, 0.05) is 12.2 Å². The summed E-state index contributed by atoms with van der Waals surface area (Å²) in [5, 5.41) is 14.0. The first-order valence-corrected chi connectivity index (χ1v) is 2.90. The van der Waals surface area contributed by atoms with Crippen LogP contribution in [-0.4, -0.2) is 22.1 Å². The van der Waals surface area contributed by atoms with Crippen LogP contribution in [-0.2, 0) is 6.42 Å². The fourth-order valence-corrected chi connectivity index (χ4v) is 0.546. The molecule has 0 aliphatic carbocycles. The maximum atomic E-state index is 3.69. The van der Waals surface area contributed by atoms with Gasteiger partial charge in [0.15, 0.2) is 0 Å². The first-order chi connectivity index (χ1) is 4.43. The van der Waals surface area contributed by atoms with E-state index in [-0.39, 0.29) is 0 Å². The summed E-state index contributed by atoms with van der Waals surface area (Å²) in [6, 6.07) is 0. The minimum absolute atomic E-state index is 0.721. The standard InChI is InChI=1S/C4H8N5/c5-3-1-2-4-6-8-9-7-4/h1-3,5H2/q-1/p+1. The van der Waals surface area contributed by atoms with Crippen molar-refractivity contribution in [3.63, 3.8) is 0 Å². The fourth-order valence-electron chi connectivity index (χ4n) is 0.546. The van der Waals surface area contributed by atoms with Crippen molar-refractivity contribution in [1.29, 1.82) is 0 Å². The second-order valence-electron chi connectivity index (χ2n) is 1.75. The lowest BCUT2D eigenvalue weighted by atomic mass is 10.3. The van der Waals surface area contributed by atoms with Gasteiger partial charge in [-0.15, -0.1) is 0 Å². The number of aryl methyl sites for hydroxylation is 1. The molecular formula is C4H9N5. The highest BCUT2D eigenvalue weighted by Gasteiger charge is 1.86. The number of nitrogens with zero attached hydrogens (tertiary/aromatic N) is 4. The van der Waals surface area contributed by atoms with Gasteiger partial charge in [-0.1, -0.05) is 0 Å². The molecule has 3 N–H and O–H groups in total. The van der Waals surface area contributed by atoms with Crippen molar-refractivity contribution in [2.45, 2.75) is 12.8 Å². The Bertz CT molecular complexity index is 146. The van der Waals surface area contributed by atoms with E-state index in [1.807, 2.05) is 0 Å². The highest BCUT2D eigenvalue weighted by molar-refractivity contribution is 4.73. The van der Waals surface area contributed by atoms with Crippen molar-refractivity contribution < 1.29 is 5.73 Å². The SMILES string of the molecule is [NH3+]CCCc1nnn[n-]1. The lowest BCUT2D eigenvalue weighted by Gasteiger charge is -1.92. The van der Waals surface area contributed by atoms with E-state index in [2.05, 4.69) is 26.4 Å². The van der Waals surface area contributed by atoms with Gasteiger partial charge >= 0.3 is 0 Å². The molecule has 0 atom stereocenters. The molecule has 9 heavy (non-hydrogen) atoms. The number of quaternary nitrogens is 1. The highest BCUT2D eigenvalue weighted by atomic mass is 15.5. The Morgan fingerprint density at radius 1 is 1.56 bits per heavy atom. The topological polar surface area (TPSA) is 80.4 Å². The Morgan fingerprint density at radius 2 is 2.44 bits per heavy atom. The third kappa shape index (κ3) is 1.77. The number of tetrazole rings is 1. The van der Waals surface area contributed by atoms with Gasteiger partial charge in [0.05, 0.1) is 6.54 Å². The van der Waals surface area contributed by atoms with E-state index in [0.717, 1.165) is 25.2 Å². The Kier molecular flexibility index (Phi) is 2.14. The van der Waals surface area contributed by atoms with Gasteiger partial charge in [0.25, 0.3) is 0 Å². The van der Waals surface area contributed by atoms with Crippen LogP contribution < -0.4 is 10.8 Å². The maximum Gasteiger partial charge on any atom is 0.0743 e. The molecule has 0 fully saturated rings. The normalized spacial score (nSPS) is 9.89. The van der Waals surface area contributed by atoms with E-state index < -0.39 is 0 Å². The largest absolute Gasteiger partial charge is 0.358 e. The van der Waals surface area contributed by atoms with Crippen LogP contribution in [0, 0.1) is 0 Å². The molecule has 0 saturated heterocycles. The first kappa shape index (κ1) is 6.15. The van der Waals surface area contributed by atoms with Crippen molar-refractivity contribution >= 4 is 0 Å². The van der Waals surface area contributed by atoms with Crippen LogP contribution in [0.25, 0.3) is 0 Å². The molecule has 1 heterocycles. The smallest absolute Gasteiger partial charge is 0.0743 e. The maximum absolute atomic E-state index is 3.69. The Labute approximate surface area is 52.6 Å². The van der Waals surface area contributed by atoms with Crippen LogP contribution in [0.5, 0.6) is 0 Å². The number of aromatic nitrogens is 4. The third-order valence-electron chi connectivity index (χ3n) is 1.01. The van der Waals surface area contributed by atoms with Crippen molar-refractivity contribution in [2.24, 2.45) is 0 Å². The molecule has 1 aromatic heterocycles. The van der Waals surface area contributed by atoms with Crippen molar-refractivity contribution in [2.75, 3.05) is 6.54 Å². The average Bonchev–Trinajstić information content (AvgIpc) is 2.34. The molecule has 50 valence electrons. The van der Waals surface area contributed by atoms with Gasteiger partial charge in [-0.25, -0.2) is 0 Å². The minimum Gasteiger partial charge on any atom is -0.358 e. The third-order valence-corrected chi connectivity index (χ3v) is 1.01. The highest BCUT2D eigenvalue weighted by Crippen LogP contribution is 1.86. The quantitative estimate of drug-likeness (QED) is 0.509. The predicted octanol–water partition coefficient (Wildman–Crippen LogP) is -2.00. The lowest BCUT2D eigenvalue weighted by Crippen LogP contribution is -2.50. The van der Waals surface area contributed by atoms with Crippen LogP contribution in [0.15, 0.2) is 0 Å². The van der Waals surface area contributed by atoms with Gasteiger partial charge < -0.3 is 10.8 Å². The van der Waals surface area contributed by atoms with E-state index in [1.165, 1.54) is 0 Å². The summed E-state index contributed by atoms with van der Waals surface area (Å²) in [6.07, 6.45) is 1.85. The van der Waals surface area contributed by atoms with Gasteiger partial charge in [0.2, 0.25) is 0 Å². The molecule has 0 aliphatic rings. The molecule has 1 rings (SSSR count). The Morgan fingerprint density at radius 3 is 3.00 bits per heavy atom. The molecule has 1 aromatic rings. The number of rotatable bonds is 3. The van der Waals surface area contributed by atoms with Crippen molar-refractivity contribution in [3.05, 3.63) is 5.82 Å². The molecule has 0 aliphatic heterocycles. The lowest BCUT2D eigenvalue weighted by molar-refractivity contribution is -0.368. The zero-order valence-corrected chi connectivity index (χ0v) is 5.12. The number of hydrogen-bond donors (Lipinski definition) is 1. The molecule has 0 aromatic carbocycles. The van der Waals surface area contributed by atoms with Gasteiger partial charge in [-0.3, -0.25) is 10.3 Å². The molecule has 0 spiro atoms. The van der Waals surface area contributed by atoms with Gasteiger partial charge in [-0.2, -0.15) is 5.21 Å². The summed E-state index contributed by atoms with van der Waals surface area (Å²) < 4.78 is 0. The molecule has 5 heteroatoms. The summed E-state index contributed by atoms with van der Waals surface area (Å²) in [7, 11) is 0. The summed E-state index contributed by atoms with van der Waals surface area (Å²) in [5.41, 5.74) is 3.69. The first-order valence-electron chi connectivity index (χ1n) is 2.90. The van der Waals surface area contributed by atoms with Gasteiger partial charge in [-0.05, 0) is 6.42 Å². The molecule has 0 unspecified atom stereocenters. The molecular weight excluding hydrogens is 118 g/mol. The molecule has 0 bridgehead atoms. The molecule has 0 amide bonds. The van der Waals surface area contributed by atoms with E-state index in [1.54, 1.807) is 0 Å². The van der Waals surface area contributed by atoms with E-state index >= 15 is 0 Å². The van der Waals surface area contributed by atoms with E-state index in [0.29, 0.717) is 0 Å². The zero-order chi connectivity index (χ0) is 6.53. The summed E-state index contributed by atoms with van der Waals surface area (Å²) in [5.74, 6) is 0.721. The van der Waals surface area contributed by atoms with Gasteiger partial charge in [0.1, 0.15) is 0 Å².